The van der Waals surface area contributed by atoms with Gasteiger partial charge in [0.1, 0.15) is 0 Å². The molecule has 1 aromatic carbocycles. The number of carboxylic acids is 1. The summed E-state index contributed by atoms with van der Waals surface area (Å²) in [6.45, 7) is 1.91. The molecule has 2 fully saturated rings. The summed E-state index contributed by atoms with van der Waals surface area (Å²) in [5, 5.41) is 14.7. The zero-order chi connectivity index (χ0) is 18.2. The van der Waals surface area contributed by atoms with E-state index in [1.807, 2.05) is 6.92 Å². The van der Waals surface area contributed by atoms with E-state index in [0.29, 0.717) is 37.7 Å². The first-order valence-electron chi connectivity index (χ1n) is 8.55. The van der Waals surface area contributed by atoms with Crippen molar-refractivity contribution in [3.8, 4) is 0 Å². The lowest BCUT2D eigenvalue weighted by molar-refractivity contribution is -0.142. The number of rotatable bonds is 4. The number of hydrogen-bond acceptors (Lipinski definition) is 2. The van der Waals surface area contributed by atoms with Crippen molar-refractivity contribution in [2.45, 2.75) is 56.5 Å². The maximum atomic E-state index is 13.4. The fourth-order valence-corrected chi connectivity index (χ4v) is 3.62. The predicted molar refractivity (Wildman–Crippen MR) is 87.2 cm³/mol. The number of benzene rings is 1. The number of halogens is 2. The second-order valence-corrected chi connectivity index (χ2v) is 7.31. The zero-order valence-electron chi connectivity index (χ0n) is 14.0. The van der Waals surface area contributed by atoms with E-state index in [1.165, 1.54) is 6.07 Å². The fourth-order valence-electron chi connectivity index (χ4n) is 3.62. The van der Waals surface area contributed by atoms with Gasteiger partial charge < -0.3 is 15.7 Å². The molecule has 2 atom stereocenters. The van der Waals surface area contributed by atoms with Gasteiger partial charge in [0.05, 0.1) is 5.92 Å². The Morgan fingerprint density at radius 1 is 1.12 bits per heavy atom. The van der Waals surface area contributed by atoms with Crippen molar-refractivity contribution in [1.29, 1.82) is 0 Å². The molecule has 136 valence electrons. The van der Waals surface area contributed by atoms with E-state index < -0.39 is 23.0 Å². The van der Waals surface area contributed by atoms with Crippen molar-refractivity contribution in [2.24, 2.45) is 5.92 Å². The van der Waals surface area contributed by atoms with Gasteiger partial charge in [-0.3, -0.25) is 4.79 Å². The second kappa shape index (κ2) is 6.61. The van der Waals surface area contributed by atoms with Crippen LogP contribution in [0.5, 0.6) is 0 Å². The normalized spacial score (nSPS) is 31.2. The van der Waals surface area contributed by atoms with Crippen molar-refractivity contribution in [3.05, 3.63) is 35.4 Å². The maximum absolute atomic E-state index is 13.4. The van der Waals surface area contributed by atoms with Crippen LogP contribution in [0.3, 0.4) is 0 Å². The third-order valence-electron chi connectivity index (χ3n) is 5.53. The minimum Gasteiger partial charge on any atom is -0.481 e. The van der Waals surface area contributed by atoms with Crippen LogP contribution in [0.15, 0.2) is 18.2 Å². The molecule has 2 saturated carbocycles. The Hall–Kier alpha value is -2.18. The Kier molecular flexibility index (Phi) is 4.67. The van der Waals surface area contributed by atoms with Gasteiger partial charge in [0, 0.05) is 17.5 Å². The smallest absolute Gasteiger partial charge is 0.315 e. The third-order valence-corrected chi connectivity index (χ3v) is 5.53. The Morgan fingerprint density at radius 3 is 2.40 bits per heavy atom. The SMILES string of the molecule is CC1(c2ccc(F)c(F)c2)CC1NC(=O)NC1CCC(C(=O)O)CC1. The highest BCUT2D eigenvalue weighted by Gasteiger charge is 2.52. The third kappa shape index (κ3) is 3.75. The van der Waals surface area contributed by atoms with Gasteiger partial charge in [0.2, 0.25) is 0 Å². The summed E-state index contributed by atoms with van der Waals surface area (Å²) in [6, 6.07) is 3.38. The van der Waals surface area contributed by atoms with E-state index in [1.54, 1.807) is 6.07 Å². The van der Waals surface area contributed by atoms with E-state index in [-0.39, 0.29) is 24.0 Å². The van der Waals surface area contributed by atoms with E-state index >= 15 is 0 Å². The van der Waals surface area contributed by atoms with Crippen molar-refractivity contribution < 1.29 is 23.5 Å². The summed E-state index contributed by atoms with van der Waals surface area (Å²) >= 11 is 0. The fraction of sp³-hybridized carbons (Fsp3) is 0.556. The van der Waals surface area contributed by atoms with E-state index in [9.17, 15) is 18.4 Å². The van der Waals surface area contributed by atoms with Crippen LogP contribution in [0.2, 0.25) is 0 Å². The summed E-state index contributed by atoms with van der Waals surface area (Å²) in [6.07, 6.45) is 3.09. The lowest BCUT2D eigenvalue weighted by atomic mass is 9.86. The highest BCUT2D eigenvalue weighted by molar-refractivity contribution is 5.75. The Balaban J connectivity index is 1.50. The molecule has 0 bridgehead atoms. The minimum atomic E-state index is -0.885. The first-order chi connectivity index (χ1) is 11.8. The van der Waals surface area contributed by atoms with Crippen molar-refractivity contribution in [3.63, 3.8) is 0 Å². The quantitative estimate of drug-likeness (QED) is 0.780. The molecule has 2 amide bonds. The number of carbonyl (C=O) groups is 2. The van der Waals surface area contributed by atoms with Crippen LogP contribution in [0.4, 0.5) is 13.6 Å². The number of nitrogens with one attached hydrogen (secondary N) is 2. The van der Waals surface area contributed by atoms with Crippen LogP contribution in [-0.4, -0.2) is 29.2 Å². The van der Waals surface area contributed by atoms with Crippen molar-refractivity contribution >= 4 is 12.0 Å². The summed E-state index contributed by atoms with van der Waals surface area (Å²) < 4.78 is 26.5. The number of urea groups is 1. The van der Waals surface area contributed by atoms with Gasteiger partial charge in [-0.1, -0.05) is 13.0 Å². The lowest BCUT2D eigenvalue weighted by Gasteiger charge is -2.27. The van der Waals surface area contributed by atoms with Gasteiger partial charge >= 0.3 is 12.0 Å². The summed E-state index contributed by atoms with van der Waals surface area (Å²) in [4.78, 5) is 23.1. The molecule has 0 spiro atoms. The number of hydrogen-bond donors (Lipinski definition) is 3. The molecule has 0 radical (unpaired) electrons. The molecule has 0 aromatic heterocycles. The number of amides is 2. The predicted octanol–water partition coefficient (Wildman–Crippen LogP) is 2.94. The van der Waals surface area contributed by atoms with Gasteiger partial charge in [0.25, 0.3) is 0 Å². The van der Waals surface area contributed by atoms with Crippen molar-refractivity contribution in [1.82, 2.24) is 10.6 Å². The summed E-state index contributed by atoms with van der Waals surface area (Å²) in [7, 11) is 0. The summed E-state index contributed by atoms with van der Waals surface area (Å²) in [5.41, 5.74) is 0.269. The zero-order valence-corrected chi connectivity index (χ0v) is 14.0. The monoisotopic (exact) mass is 352 g/mol. The van der Waals surface area contributed by atoms with E-state index in [0.717, 1.165) is 6.07 Å². The largest absolute Gasteiger partial charge is 0.481 e. The van der Waals surface area contributed by atoms with Crippen molar-refractivity contribution in [2.75, 3.05) is 0 Å². The molecular weight excluding hydrogens is 330 g/mol. The number of aliphatic carboxylic acids is 1. The molecule has 25 heavy (non-hydrogen) atoms. The van der Waals surface area contributed by atoms with Crippen LogP contribution >= 0.6 is 0 Å². The lowest BCUT2D eigenvalue weighted by Crippen LogP contribution is -2.45. The molecule has 3 rings (SSSR count). The standard InChI is InChI=1S/C18H22F2N2O3/c1-18(11-4-7-13(19)14(20)8-11)9-15(18)22-17(25)21-12-5-2-10(3-6-12)16(23)24/h4,7-8,10,12,15H,2-3,5-6,9H2,1H3,(H,23,24)(H2,21,22,25). The number of carbonyl (C=O) groups excluding carboxylic acids is 1. The Labute approximate surface area is 144 Å². The molecule has 2 unspecified atom stereocenters. The molecule has 3 N–H and O–H groups in total. The van der Waals surface area contributed by atoms with Gasteiger partial charge in [-0.2, -0.15) is 0 Å². The van der Waals surface area contributed by atoms with Gasteiger partial charge in [-0.25, -0.2) is 13.6 Å². The molecule has 5 nitrogen and oxygen atoms in total. The average Bonchev–Trinajstić information content (AvgIpc) is 3.21. The molecule has 7 heteroatoms. The first kappa shape index (κ1) is 17.6. The molecule has 2 aliphatic rings. The molecule has 0 aliphatic heterocycles. The number of carboxylic acid groups (broad SMARTS) is 1. The minimum absolute atomic E-state index is 0.0242. The van der Waals surface area contributed by atoms with Gasteiger partial charge in [-0.05, 0) is 49.8 Å². The van der Waals surface area contributed by atoms with Gasteiger partial charge in [0.15, 0.2) is 11.6 Å². The highest BCUT2D eigenvalue weighted by Crippen LogP contribution is 2.48. The van der Waals surface area contributed by atoms with Crippen LogP contribution < -0.4 is 10.6 Å². The molecule has 2 aliphatic carbocycles. The van der Waals surface area contributed by atoms with Gasteiger partial charge in [-0.15, -0.1) is 0 Å². The van der Waals surface area contributed by atoms with E-state index in [2.05, 4.69) is 10.6 Å². The van der Waals surface area contributed by atoms with Crippen LogP contribution in [-0.2, 0) is 10.2 Å². The molecular formula is C18H22F2N2O3. The van der Waals surface area contributed by atoms with Crippen LogP contribution in [0, 0.1) is 17.6 Å². The molecule has 0 heterocycles. The van der Waals surface area contributed by atoms with Crippen LogP contribution in [0.1, 0.15) is 44.6 Å². The highest BCUT2D eigenvalue weighted by atomic mass is 19.2. The Bertz CT molecular complexity index is 689. The first-order valence-corrected chi connectivity index (χ1v) is 8.55. The summed E-state index contributed by atoms with van der Waals surface area (Å²) in [5.74, 6) is -2.86. The second-order valence-electron chi connectivity index (χ2n) is 7.31. The topological polar surface area (TPSA) is 78.4 Å². The average molecular weight is 352 g/mol. The molecule has 0 saturated heterocycles. The molecule has 1 aromatic rings. The van der Waals surface area contributed by atoms with Crippen LogP contribution in [0.25, 0.3) is 0 Å². The Morgan fingerprint density at radius 2 is 1.80 bits per heavy atom. The van der Waals surface area contributed by atoms with E-state index in [4.69, 9.17) is 5.11 Å². The maximum Gasteiger partial charge on any atom is 0.315 e.